The van der Waals surface area contributed by atoms with Crippen molar-refractivity contribution in [3.63, 3.8) is 0 Å². The number of aryl methyl sites for hydroxylation is 3. The van der Waals surface area contributed by atoms with Gasteiger partial charge in [-0.3, -0.25) is 4.98 Å². The Kier molecular flexibility index (Phi) is 5.51. The van der Waals surface area contributed by atoms with Gasteiger partial charge in [0.15, 0.2) is 0 Å². The van der Waals surface area contributed by atoms with Crippen molar-refractivity contribution < 1.29 is 0 Å². The van der Waals surface area contributed by atoms with Gasteiger partial charge in [-0.25, -0.2) is 0 Å². The largest absolute Gasteiger partial charge is 0.313 e. The van der Waals surface area contributed by atoms with E-state index in [1.807, 2.05) is 0 Å². The predicted molar refractivity (Wildman–Crippen MR) is 90.5 cm³/mol. The average molecular weight is 282 g/mol. The van der Waals surface area contributed by atoms with Crippen molar-refractivity contribution in [3.05, 3.63) is 52.7 Å². The first-order valence-corrected chi connectivity index (χ1v) is 7.86. The maximum Gasteiger partial charge on any atom is 0.0708 e. The molecular formula is C19H26N2. The van der Waals surface area contributed by atoms with Crippen molar-refractivity contribution >= 4 is 0 Å². The Morgan fingerprint density at radius 3 is 2.57 bits per heavy atom. The molecule has 0 saturated heterocycles. The van der Waals surface area contributed by atoms with Crippen LogP contribution in [0.1, 0.15) is 42.1 Å². The van der Waals surface area contributed by atoms with Gasteiger partial charge in [0.05, 0.1) is 5.69 Å². The monoisotopic (exact) mass is 282 g/mol. The van der Waals surface area contributed by atoms with E-state index in [-0.39, 0.29) is 0 Å². The molecule has 0 aliphatic rings. The molecular weight excluding hydrogens is 256 g/mol. The van der Waals surface area contributed by atoms with Crippen LogP contribution in [0.2, 0.25) is 0 Å². The number of nitrogens with one attached hydrogen (secondary N) is 1. The maximum absolute atomic E-state index is 4.80. The lowest BCUT2D eigenvalue weighted by Gasteiger charge is -2.11. The normalized spacial score (nSPS) is 10.9. The molecule has 0 saturated carbocycles. The number of rotatable bonds is 6. The minimum atomic E-state index is 0.909. The highest BCUT2D eigenvalue weighted by Crippen LogP contribution is 2.24. The van der Waals surface area contributed by atoms with Crippen molar-refractivity contribution in [3.8, 4) is 11.3 Å². The van der Waals surface area contributed by atoms with Gasteiger partial charge in [-0.05, 0) is 57.0 Å². The van der Waals surface area contributed by atoms with Crippen LogP contribution >= 0.6 is 0 Å². The third-order valence-electron chi connectivity index (χ3n) is 3.89. The summed E-state index contributed by atoms with van der Waals surface area (Å²) in [4.78, 5) is 4.80. The summed E-state index contributed by atoms with van der Waals surface area (Å²) in [5, 5.41) is 3.48. The van der Waals surface area contributed by atoms with Crippen LogP contribution in [-0.4, -0.2) is 11.5 Å². The number of pyridine rings is 1. The van der Waals surface area contributed by atoms with E-state index in [0.29, 0.717) is 0 Å². The van der Waals surface area contributed by atoms with Crippen LogP contribution in [0, 0.1) is 20.8 Å². The summed E-state index contributed by atoms with van der Waals surface area (Å²) in [7, 11) is 0. The van der Waals surface area contributed by atoms with Crippen LogP contribution < -0.4 is 5.32 Å². The molecule has 112 valence electrons. The first-order chi connectivity index (χ1) is 10.1. The minimum Gasteiger partial charge on any atom is -0.313 e. The summed E-state index contributed by atoms with van der Waals surface area (Å²) in [6, 6.07) is 10.9. The Bertz CT molecular complexity index is 603. The van der Waals surface area contributed by atoms with E-state index in [0.717, 1.165) is 24.5 Å². The van der Waals surface area contributed by atoms with Crippen molar-refractivity contribution in [2.45, 2.75) is 47.1 Å². The standard InChI is InChI=1S/C19H26N2/c1-5-6-11-20-13-17-9-10-19(21-16(17)4)18-12-14(2)7-8-15(18)3/h7-10,12,20H,5-6,11,13H2,1-4H3. The highest BCUT2D eigenvalue weighted by Gasteiger charge is 2.06. The van der Waals surface area contributed by atoms with Gasteiger partial charge in [0, 0.05) is 17.8 Å². The topological polar surface area (TPSA) is 24.9 Å². The van der Waals surface area contributed by atoms with E-state index >= 15 is 0 Å². The Morgan fingerprint density at radius 1 is 1.05 bits per heavy atom. The molecule has 0 bridgehead atoms. The zero-order valence-electron chi connectivity index (χ0n) is 13.7. The second kappa shape index (κ2) is 7.37. The van der Waals surface area contributed by atoms with E-state index in [2.05, 4.69) is 63.3 Å². The summed E-state index contributed by atoms with van der Waals surface area (Å²) in [5.41, 5.74) is 7.29. The Labute approximate surface area is 128 Å². The molecule has 0 aliphatic heterocycles. The van der Waals surface area contributed by atoms with Crippen LogP contribution in [0.4, 0.5) is 0 Å². The molecule has 1 N–H and O–H groups in total. The van der Waals surface area contributed by atoms with Gasteiger partial charge in [-0.1, -0.05) is 37.1 Å². The maximum atomic E-state index is 4.80. The lowest BCUT2D eigenvalue weighted by Crippen LogP contribution is -2.15. The van der Waals surface area contributed by atoms with Crippen molar-refractivity contribution in [2.75, 3.05) is 6.54 Å². The molecule has 0 aliphatic carbocycles. The fraction of sp³-hybridized carbons (Fsp3) is 0.421. The van der Waals surface area contributed by atoms with Gasteiger partial charge in [-0.15, -0.1) is 0 Å². The molecule has 2 heteroatoms. The molecule has 1 aromatic carbocycles. The predicted octanol–water partition coefficient (Wildman–Crippen LogP) is 4.56. The van der Waals surface area contributed by atoms with Crippen LogP contribution in [0.25, 0.3) is 11.3 Å². The molecule has 0 unspecified atom stereocenters. The minimum absolute atomic E-state index is 0.909. The Balaban J connectivity index is 2.16. The quantitative estimate of drug-likeness (QED) is 0.785. The fourth-order valence-corrected chi connectivity index (χ4v) is 2.46. The smallest absolute Gasteiger partial charge is 0.0708 e. The molecule has 2 rings (SSSR count). The fourth-order valence-electron chi connectivity index (χ4n) is 2.46. The zero-order chi connectivity index (χ0) is 15.2. The van der Waals surface area contributed by atoms with Crippen molar-refractivity contribution in [1.29, 1.82) is 0 Å². The lowest BCUT2D eigenvalue weighted by atomic mass is 10.0. The highest BCUT2D eigenvalue weighted by atomic mass is 14.9. The number of nitrogens with zero attached hydrogens (tertiary/aromatic N) is 1. The SMILES string of the molecule is CCCCNCc1ccc(-c2cc(C)ccc2C)nc1C. The number of aromatic nitrogens is 1. The van der Waals surface area contributed by atoms with E-state index in [1.54, 1.807) is 0 Å². The molecule has 2 nitrogen and oxygen atoms in total. The van der Waals surface area contributed by atoms with Crippen LogP contribution in [-0.2, 0) is 6.54 Å². The second-order valence-corrected chi connectivity index (χ2v) is 5.79. The van der Waals surface area contributed by atoms with Gasteiger partial charge >= 0.3 is 0 Å². The number of hydrogen-bond acceptors (Lipinski definition) is 2. The third-order valence-corrected chi connectivity index (χ3v) is 3.89. The molecule has 0 atom stereocenters. The van der Waals surface area contributed by atoms with Crippen molar-refractivity contribution in [1.82, 2.24) is 10.3 Å². The molecule has 0 spiro atoms. The summed E-state index contributed by atoms with van der Waals surface area (Å²) < 4.78 is 0. The summed E-state index contributed by atoms with van der Waals surface area (Å²) in [6.07, 6.45) is 2.46. The highest BCUT2D eigenvalue weighted by molar-refractivity contribution is 5.64. The molecule has 0 amide bonds. The Morgan fingerprint density at radius 2 is 1.86 bits per heavy atom. The zero-order valence-corrected chi connectivity index (χ0v) is 13.7. The van der Waals surface area contributed by atoms with Gasteiger partial charge in [0.25, 0.3) is 0 Å². The summed E-state index contributed by atoms with van der Waals surface area (Å²) in [6.45, 7) is 10.6. The van der Waals surface area contributed by atoms with E-state index < -0.39 is 0 Å². The third kappa shape index (κ3) is 4.15. The number of unbranched alkanes of at least 4 members (excludes halogenated alkanes) is 1. The van der Waals surface area contributed by atoms with Crippen LogP contribution in [0.3, 0.4) is 0 Å². The number of hydrogen-bond donors (Lipinski definition) is 1. The molecule has 1 aromatic heterocycles. The number of benzene rings is 1. The van der Waals surface area contributed by atoms with Crippen LogP contribution in [0.15, 0.2) is 30.3 Å². The second-order valence-electron chi connectivity index (χ2n) is 5.79. The van der Waals surface area contributed by atoms with E-state index in [1.165, 1.54) is 35.1 Å². The molecule has 0 radical (unpaired) electrons. The van der Waals surface area contributed by atoms with Gasteiger partial charge < -0.3 is 5.32 Å². The lowest BCUT2D eigenvalue weighted by molar-refractivity contribution is 0.638. The van der Waals surface area contributed by atoms with E-state index in [9.17, 15) is 0 Å². The van der Waals surface area contributed by atoms with Gasteiger partial charge in [-0.2, -0.15) is 0 Å². The Hall–Kier alpha value is -1.67. The first kappa shape index (κ1) is 15.7. The summed E-state index contributed by atoms with van der Waals surface area (Å²) >= 11 is 0. The van der Waals surface area contributed by atoms with E-state index in [4.69, 9.17) is 4.98 Å². The molecule has 2 aromatic rings. The van der Waals surface area contributed by atoms with Crippen LogP contribution in [0.5, 0.6) is 0 Å². The van der Waals surface area contributed by atoms with Gasteiger partial charge in [0.1, 0.15) is 0 Å². The molecule has 0 fully saturated rings. The van der Waals surface area contributed by atoms with Crippen molar-refractivity contribution in [2.24, 2.45) is 0 Å². The molecule has 1 heterocycles. The van der Waals surface area contributed by atoms with Gasteiger partial charge in [0.2, 0.25) is 0 Å². The summed E-state index contributed by atoms with van der Waals surface area (Å²) in [5.74, 6) is 0. The molecule has 21 heavy (non-hydrogen) atoms. The first-order valence-electron chi connectivity index (χ1n) is 7.86. The average Bonchev–Trinajstić information content (AvgIpc) is 2.47.